The van der Waals surface area contributed by atoms with Gasteiger partial charge in [-0.15, -0.1) is 0 Å². The Hall–Kier alpha value is -3.80. The highest BCUT2D eigenvalue weighted by atomic mass is 32.2. The zero-order valence-corrected chi connectivity index (χ0v) is 21.7. The molecule has 0 radical (unpaired) electrons. The Morgan fingerprint density at radius 2 is 1.82 bits per heavy atom. The maximum Gasteiger partial charge on any atom is 0.441 e. The molecule has 1 atom stereocenters. The zero-order valence-electron chi connectivity index (χ0n) is 20.8. The van der Waals surface area contributed by atoms with Crippen LogP contribution < -0.4 is 14.2 Å². The molecule has 1 N–H and O–H groups in total. The lowest BCUT2D eigenvalue weighted by molar-refractivity contribution is -0.114. The lowest BCUT2D eigenvalue weighted by Gasteiger charge is -2.20. The SMILES string of the molecule is CC[C@@H](C)c1ccc(OCCOc2ccc(/C=C3\C(=N)N4N=C(C(F)(F)F)SC4=NC3=O)cc2OC)cc1. The number of hydrazone groups is 1. The van der Waals surface area contributed by atoms with Crippen LogP contribution in [0.5, 0.6) is 17.2 Å². The second-order valence-electron chi connectivity index (χ2n) is 8.41. The fourth-order valence-corrected chi connectivity index (χ4v) is 4.36. The van der Waals surface area contributed by atoms with Gasteiger partial charge in [0.05, 0.1) is 12.7 Å². The first-order valence-electron chi connectivity index (χ1n) is 11.7. The van der Waals surface area contributed by atoms with E-state index in [4.69, 9.17) is 19.6 Å². The first-order valence-corrected chi connectivity index (χ1v) is 12.5. The molecule has 0 aromatic heterocycles. The van der Waals surface area contributed by atoms with Crippen molar-refractivity contribution in [2.24, 2.45) is 10.1 Å². The molecule has 8 nitrogen and oxygen atoms in total. The molecule has 2 aromatic rings. The van der Waals surface area contributed by atoms with Crippen molar-refractivity contribution >= 4 is 39.8 Å². The minimum atomic E-state index is -4.70. The maximum absolute atomic E-state index is 13.0. The summed E-state index contributed by atoms with van der Waals surface area (Å²) in [7, 11) is 1.45. The monoisotopic (exact) mass is 546 g/mol. The minimum Gasteiger partial charge on any atom is -0.493 e. The Morgan fingerprint density at radius 3 is 2.47 bits per heavy atom. The number of hydrogen-bond acceptors (Lipinski definition) is 7. The number of rotatable bonds is 9. The Balaban J connectivity index is 1.40. The lowest BCUT2D eigenvalue weighted by Crippen LogP contribution is -2.35. The van der Waals surface area contributed by atoms with Crippen LogP contribution in [0.4, 0.5) is 13.2 Å². The fraction of sp³-hybridized carbons (Fsp3) is 0.308. The highest BCUT2D eigenvalue weighted by molar-refractivity contribution is 8.27. The number of nitrogens with zero attached hydrogens (tertiary/aromatic N) is 3. The van der Waals surface area contributed by atoms with Crippen molar-refractivity contribution in [2.45, 2.75) is 32.4 Å². The van der Waals surface area contributed by atoms with Gasteiger partial charge in [0.25, 0.3) is 5.91 Å². The standard InChI is InChI=1S/C26H25F3N4O4S/c1-4-15(2)17-6-8-18(9-7-17)36-11-12-37-20-10-5-16(14-21(20)35-3)13-19-22(30)33-25(31-23(19)34)38-24(32-33)26(27,28)29/h5-10,13-15,30H,4,11-12H2,1-3H3/b19-13+,30-22?/t15-/m1/s1. The van der Waals surface area contributed by atoms with E-state index in [0.717, 1.165) is 12.2 Å². The van der Waals surface area contributed by atoms with E-state index in [1.807, 2.05) is 24.3 Å². The van der Waals surface area contributed by atoms with Gasteiger partial charge < -0.3 is 14.2 Å². The second-order valence-corrected chi connectivity index (χ2v) is 9.36. The van der Waals surface area contributed by atoms with Gasteiger partial charge in [-0.05, 0) is 65.6 Å². The molecule has 2 aliphatic rings. The number of halogens is 3. The predicted molar refractivity (Wildman–Crippen MR) is 140 cm³/mol. The van der Waals surface area contributed by atoms with Crippen LogP contribution >= 0.6 is 11.8 Å². The molecule has 0 saturated heterocycles. The van der Waals surface area contributed by atoms with Gasteiger partial charge in [0.2, 0.25) is 10.2 Å². The third-order valence-electron chi connectivity index (χ3n) is 5.87. The average Bonchev–Trinajstić information content (AvgIpc) is 3.34. The van der Waals surface area contributed by atoms with Gasteiger partial charge in [-0.25, -0.2) is 0 Å². The third-order valence-corrected chi connectivity index (χ3v) is 6.82. The number of amidine groups is 2. The van der Waals surface area contributed by atoms with Crippen LogP contribution in [-0.2, 0) is 4.79 Å². The number of hydrogen-bond donors (Lipinski definition) is 1. The molecule has 0 saturated carbocycles. The van der Waals surface area contributed by atoms with Gasteiger partial charge >= 0.3 is 6.18 Å². The number of benzene rings is 2. The smallest absolute Gasteiger partial charge is 0.441 e. The van der Waals surface area contributed by atoms with Crippen LogP contribution in [0.3, 0.4) is 0 Å². The van der Waals surface area contributed by atoms with Crippen LogP contribution in [0.25, 0.3) is 6.08 Å². The van der Waals surface area contributed by atoms with E-state index in [1.54, 1.807) is 18.2 Å². The van der Waals surface area contributed by atoms with E-state index >= 15 is 0 Å². The van der Waals surface area contributed by atoms with Crippen molar-refractivity contribution in [3.05, 3.63) is 59.2 Å². The van der Waals surface area contributed by atoms with Gasteiger partial charge in [-0.2, -0.15) is 28.3 Å². The van der Waals surface area contributed by atoms with Crippen LogP contribution in [0.2, 0.25) is 0 Å². The average molecular weight is 547 g/mol. The Bertz CT molecular complexity index is 1320. The summed E-state index contributed by atoms with van der Waals surface area (Å²) in [6, 6.07) is 12.8. The normalized spacial score (nSPS) is 17.2. The van der Waals surface area contributed by atoms with Gasteiger partial charge in [0.15, 0.2) is 17.3 Å². The van der Waals surface area contributed by atoms with Crippen LogP contribution in [-0.4, -0.2) is 53.5 Å². The summed E-state index contributed by atoms with van der Waals surface area (Å²) in [5.74, 6) is 0.696. The molecule has 0 unspecified atom stereocenters. The number of carbonyl (C=O) groups excluding carboxylic acids is 1. The van der Waals surface area contributed by atoms with Crippen molar-refractivity contribution in [2.75, 3.05) is 20.3 Å². The molecule has 4 rings (SSSR count). The molecule has 12 heteroatoms. The summed E-state index contributed by atoms with van der Waals surface area (Å²) in [6.45, 7) is 4.87. The largest absolute Gasteiger partial charge is 0.493 e. The van der Waals surface area contributed by atoms with E-state index in [9.17, 15) is 18.0 Å². The summed E-state index contributed by atoms with van der Waals surface area (Å²) in [5.41, 5.74) is 1.52. The summed E-state index contributed by atoms with van der Waals surface area (Å²) in [4.78, 5) is 16.1. The van der Waals surface area contributed by atoms with Crippen molar-refractivity contribution in [1.29, 1.82) is 5.41 Å². The number of ether oxygens (including phenoxy) is 3. The lowest BCUT2D eigenvalue weighted by atomic mass is 9.99. The minimum absolute atomic E-state index is 0.201. The van der Waals surface area contributed by atoms with Gasteiger partial charge in [0.1, 0.15) is 19.0 Å². The first kappa shape index (κ1) is 27.2. The predicted octanol–water partition coefficient (Wildman–Crippen LogP) is 5.85. The number of fused-ring (bicyclic) bond motifs is 1. The number of amides is 1. The number of thioether (sulfide) groups is 1. The molecular formula is C26H25F3N4O4S. The van der Waals surface area contributed by atoms with Crippen molar-refractivity contribution in [3.8, 4) is 17.2 Å². The highest BCUT2D eigenvalue weighted by Gasteiger charge is 2.46. The van der Waals surface area contributed by atoms with Crippen LogP contribution in [0, 0.1) is 5.41 Å². The number of nitrogens with one attached hydrogen (secondary N) is 1. The molecule has 38 heavy (non-hydrogen) atoms. The molecule has 0 fully saturated rings. The second kappa shape index (κ2) is 11.3. The number of methoxy groups -OCH3 is 1. The molecule has 0 bridgehead atoms. The van der Waals surface area contributed by atoms with Gasteiger partial charge in [0, 0.05) is 0 Å². The molecular weight excluding hydrogens is 521 g/mol. The first-order chi connectivity index (χ1) is 18.1. The van der Waals surface area contributed by atoms with Crippen molar-refractivity contribution in [1.82, 2.24) is 5.01 Å². The summed E-state index contributed by atoms with van der Waals surface area (Å²) in [5, 5.41) is 10.8. The molecule has 2 aliphatic heterocycles. The molecule has 0 spiro atoms. The third kappa shape index (κ3) is 6.01. The molecule has 200 valence electrons. The molecule has 2 aromatic carbocycles. The van der Waals surface area contributed by atoms with Gasteiger partial charge in [-0.1, -0.05) is 32.0 Å². The van der Waals surface area contributed by atoms with Crippen molar-refractivity contribution < 1.29 is 32.2 Å². The number of alkyl halides is 3. The Kier molecular flexibility index (Phi) is 8.10. The number of aliphatic imine (C=N–C) groups is 1. The summed E-state index contributed by atoms with van der Waals surface area (Å²) >= 11 is 0.201. The summed E-state index contributed by atoms with van der Waals surface area (Å²) in [6.07, 6.45) is -2.30. The van der Waals surface area contributed by atoms with E-state index in [0.29, 0.717) is 34.6 Å². The van der Waals surface area contributed by atoms with Crippen LogP contribution in [0.15, 0.2) is 58.1 Å². The molecule has 2 heterocycles. The van der Waals surface area contributed by atoms with E-state index < -0.39 is 23.0 Å². The maximum atomic E-state index is 13.0. The fourth-order valence-electron chi connectivity index (χ4n) is 3.61. The molecule has 1 amide bonds. The highest BCUT2D eigenvalue weighted by Crippen LogP contribution is 2.36. The summed E-state index contributed by atoms with van der Waals surface area (Å²) < 4.78 is 55.9. The zero-order chi connectivity index (χ0) is 27.4. The van der Waals surface area contributed by atoms with Crippen LogP contribution in [0.1, 0.15) is 37.3 Å². The molecule has 0 aliphatic carbocycles. The quantitative estimate of drug-likeness (QED) is 0.313. The Labute approximate surface area is 221 Å². The van der Waals surface area contributed by atoms with Crippen molar-refractivity contribution in [3.63, 3.8) is 0 Å². The number of carbonyl (C=O) groups is 1. The van der Waals surface area contributed by atoms with E-state index in [2.05, 4.69) is 23.9 Å². The van der Waals surface area contributed by atoms with E-state index in [-0.39, 0.29) is 29.1 Å². The van der Waals surface area contributed by atoms with E-state index in [1.165, 1.54) is 18.7 Å². The van der Waals surface area contributed by atoms with Gasteiger partial charge in [-0.3, -0.25) is 10.2 Å². The Morgan fingerprint density at radius 1 is 1.11 bits per heavy atom. The topological polar surface area (TPSA) is 96.6 Å².